The Morgan fingerprint density at radius 1 is 1.33 bits per heavy atom. The van der Waals surface area contributed by atoms with Crippen LogP contribution in [0.3, 0.4) is 0 Å². The van der Waals surface area contributed by atoms with E-state index in [1.807, 2.05) is 39.0 Å². The van der Waals surface area contributed by atoms with Crippen molar-refractivity contribution in [1.82, 2.24) is 5.32 Å². The smallest absolute Gasteiger partial charge is 0.246 e. The van der Waals surface area contributed by atoms with E-state index in [1.54, 1.807) is 19.1 Å². The molecule has 1 aliphatic carbocycles. The molecular weight excluding hydrogens is 306 g/mol. The van der Waals surface area contributed by atoms with Crippen molar-refractivity contribution in [2.45, 2.75) is 51.8 Å². The molecule has 24 heavy (non-hydrogen) atoms. The lowest BCUT2D eigenvalue weighted by Gasteiger charge is -2.57. The predicted octanol–water partition coefficient (Wildman–Crippen LogP) is 1.66. The molecule has 0 aromatic heterocycles. The van der Waals surface area contributed by atoms with Crippen LogP contribution >= 0.6 is 0 Å². The monoisotopic (exact) mass is 333 g/mol. The molecule has 6 nitrogen and oxygen atoms in total. The van der Waals surface area contributed by atoms with E-state index in [4.69, 9.17) is 10.5 Å². The molecule has 6 heteroatoms. The highest BCUT2D eigenvalue weighted by Gasteiger charge is 2.63. The summed E-state index contributed by atoms with van der Waals surface area (Å²) in [4.78, 5) is 24.8. The number of nitrogens with two attached hydrogens (primary N) is 1. The minimum absolute atomic E-state index is 0.0494. The quantitative estimate of drug-likeness (QED) is 0.738. The molecule has 1 aliphatic rings. The number of rotatable bonds is 6. The normalized spacial score (nSPS) is 26.1. The van der Waals surface area contributed by atoms with Gasteiger partial charge in [0.1, 0.15) is 11.6 Å². The van der Waals surface area contributed by atoms with Crippen molar-refractivity contribution in [1.29, 1.82) is 0 Å². The van der Waals surface area contributed by atoms with Crippen molar-refractivity contribution < 1.29 is 14.3 Å². The number of para-hydroxylation sites is 1. The van der Waals surface area contributed by atoms with Gasteiger partial charge in [0.05, 0.1) is 6.10 Å². The van der Waals surface area contributed by atoms with Gasteiger partial charge in [-0.3, -0.25) is 9.59 Å². The lowest BCUT2D eigenvalue weighted by Crippen LogP contribution is -2.76. The molecule has 0 radical (unpaired) electrons. The van der Waals surface area contributed by atoms with Gasteiger partial charge in [0, 0.05) is 24.1 Å². The first kappa shape index (κ1) is 18.4. The SMILES string of the molecule is CCOC1CC(N)(C(=O)NC(C)C(=O)Nc2ccccc2)C1(C)C. The second-order valence-corrected chi connectivity index (χ2v) is 6.89. The maximum Gasteiger partial charge on any atom is 0.246 e. The second kappa shape index (κ2) is 6.91. The van der Waals surface area contributed by atoms with Crippen LogP contribution in [0, 0.1) is 5.41 Å². The molecule has 2 amide bonds. The summed E-state index contributed by atoms with van der Waals surface area (Å²) in [6.45, 7) is 7.99. The average molecular weight is 333 g/mol. The van der Waals surface area contributed by atoms with E-state index in [0.29, 0.717) is 18.7 Å². The van der Waals surface area contributed by atoms with Gasteiger partial charge < -0.3 is 21.1 Å². The van der Waals surface area contributed by atoms with Crippen molar-refractivity contribution in [3.8, 4) is 0 Å². The molecule has 3 unspecified atom stereocenters. The van der Waals surface area contributed by atoms with Crippen LogP contribution in [0.15, 0.2) is 30.3 Å². The van der Waals surface area contributed by atoms with E-state index in [1.165, 1.54) is 0 Å². The third kappa shape index (κ3) is 3.30. The number of hydrogen-bond donors (Lipinski definition) is 3. The third-order valence-corrected chi connectivity index (χ3v) is 5.02. The first-order valence-electron chi connectivity index (χ1n) is 8.29. The van der Waals surface area contributed by atoms with Crippen molar-refractivity contribution in [2.75, 3.05) is 11.9 Å². The molecular formula is C18H27N3O3. The Bertz CT molecular complexity index is 603. The summed E-state index contributed by atoms with van der Waals surface area (Å²) in [6, 6.07) is 8.43. The molecule has 1 aromatic rings. The highest BCUT2D eigenvalue weighted by molar-refractivity contribution is 5.98. The largest absolute Gasteiger partial charge is 0.378 e. The van der Waals surface area contributed by atoms with Crippen LogP contribution in [0.25, 0.3) is 0 Å². The molecule has 0 aliphatic heterocycles. The van der Waals surface area contributed by atoms with E-state index in [2.05, 4.69) is 10.6 Å². The Balaban J connectivity index is 1.95. The molecule has 132 valence electrons. The number of carbonyl (C=O) groups excluding carboxylic acids is 2. The van der Waals surface area contributed by atoms with Gasteiger partial charge in [-0.05, 0) is 26.0 Å². The lowest BCUT2D eigenvalue weighted by molar-refractivity contribution is -0.171. The van der Waals surface area contributed by atoms with Crippen molar-refractivity contribution >= 4 is 17.5 Å². The number of nitrogens with one attached hydrogen (secondary N) is 2. The molecule has 1 aromatic carbocycles. The summed E-state index contributed by atoms with van der Waals surface area (Å²) in [6.07, 6.45) is 0.402. The van der Waals surface area contributed by atoms with Crippen LogP contribution in [0.1, 0.15) is 34.1 Å². The third-order valence-electron chi connectivity index (χ3n) is 5.02. The zero-order chi connectivity index (χ0) is 18.0. The highest BCUT2D eigenvalue weighted by atomic mass is 16.5. The summed E-state index contributed by atoms with van der Waals surface area (Å²) >= 11 is 0. The maximum absolute atomic E-state index is 12.6. The molecule has 0 saturated heterocycles. The van der Waals surface area contributed by atoms with Gasteiger partial charge in [-0.15, -0.1) is 0 Å². The van der Waals surface area contributed by atoms with E-state index in [9.17, 15) is 9.59 Å². The summed E-state index contributed by atoms with van der Waals surface area (Å²) in [5.41, 5.74) is 5.49. The summed E-state index contributed by atoms with van der Waals surface area (Å²) < 4.78 is 5.63. The van der Waals surface area contributed by atoms with Gasteiger partial charge in [0.2, 0.25) is 11.8 Å². The zero-order valence-corrected chi connectivity index (χ0v) is 14.8. The Morgan fingerprint density at radius 2 is 1.96 bits per heavy atom. The van der Waals surface area contributed by atoms with Crippen LogP contribution in [0.2, 0.25) is 0 Å². The van der Waals surface area contributed by atoms with Crippen molar-refractivity contribution in [3.63, 3.8) is 0 Å². The molecule has 1 saturated carbocycles. The van der Waals surface area contributed by atoms with Crippen LogP contribution < -0.4 is 16.4 Å². The zero-order valence-electron chi connectivity index (χ0n) is 14.8. The first-order valence-corrected chi connectivity index (χ1v) is 8.29. The fourth-order valence-electron chi connectivity index (χ4n) is 2.98. The van der Waals surface area contributed by atoms with Gasteiger partial charge in [-0.25, -0.2) is 0 Å². The minimum Gasteiger partial charge on any atom is -0.378 e. The summed E-state index contributed by atoms with van der Waals surface area (Å²) in [7, 11) is 0. The van der Waals surface area contributed by atoms with Gasteiger partial charge in [0.25, 0.3) is 0 Å². The predicted molar refractivity (Wildman–Crippen MR) is 93.4 cm³/mol. The van der Waals surface area contributed by atoms with Crippen LogP contribution in [-0.4, -0.2) is 36.1 Å². The van der Waals surface area contributed by atoms with E-state index < -0.39 is 17.0 Å². The number of hydrogen-bond acceptors (Lipinski definition) is 4. The fourth-order valence-corrected chi connectivity index (χ4v) is 2.98. The van der Waals surface area contributed by atoms with E-state index in [0.717, 1.165) is 0 Å². The van der Waals surface area contributed by atoms with E-state index in [-0.39, 0.29) is 17.9 Å². The Hall–Kier alpha value is -1.92. The van der Waals surface area contributed by atoms with Crippen LogP contribution in [-0.2, 0) is 14.3 Å². The Morgan fingerprint density at radius 3 is 2.50 bits per heavy atom. The van der Waals surface area contributed by atoms with Crippen molar-refractivity contribution in [2.24, 2.45) is 11.1 Å². The van der Waals surface area contributed by atoms with Crippen LogP contribution in [0.4, 0.5) is 5.69 Å². The number of ether oxygens (including phenoxy) is 1. The number of carbonyl (C=O) groups is 2. The molecule has 3 atom stereocenters. The van der Waals surface area contributed by atoms with Gasteiger partial charge in [-0.2, -0.15) is 0 Å². The number of anilines is 1. The van der Waals surface area contributed by atoms with Gasteiger partial charge >= 0.3 is 0 Å². The number of amides is 2. The first-order chi connectivity index (χ1) is 11.2. The average Bonchev–Trinajstić information content (AvgIpc) is 2.55. The standard InChI is InChI=1S/C18H27N3O3/c1-5-24-14-11-18(19,17(14,3)4)16(23)20-12(2)15(22)21-13-9-7-6-8-10-13/h6-10,12,14H,5,11,19H2,1-4H3,(H,20,23)(H,21,22). The Labute approximate surface area is 143 Å². The molecule has 0 spiro atoms. The maximum atomic E-state index is 12.6. The summed E-state index contributed by atoms with van der Waals surface area (Å²) in [5, 5.41) is 5.49. The van der Waals surface area contributed by atoms with Gasteiger partial charge in [0.15, 0.2) is 0 Å². The molecule has 0 bridgehead atoms. The number of benzene rings is 1. The molecule has 2 rings (SSSR count). The molecule has 4 N–H and O–H groups in total. The Kier molecular flexibility index (Phi) is 5.30. The molecule has 1 fully saturated rings. The topological polar surface area (TPSA) is 93.4 Å². The van der Waals surface area contributed by atoms with Gasteiger partial charge in [-0.1, -0.05) is 32.0 Å². The highest BCUT2D eigenvalue weighted by Crippen LogP contribution is 2.49. The fraction of sp³-hybridized carbons (Fsp3) is 0.556. The van der Waals surface area contributed by atoms with Crippen molar-refractivity contribution in [3.05, 3.63) is 30.3 Å². The minimum atomic E-state index is -1.03. The lowest BCUT2D eigenvalue weighted by atomic mass is 9.54. The van der Waals surface area contributed by atoms with Crippen LogP contribution in [0.5, 0.6) is 0 Å². The van der Waals surface area contributed by atoms with E-state index >= 15 is 0 Å². The summed E-state index contributed by atoms with van der Waals surface area (Å²) in [5.74, 6) is -0.601. The second-order valence-electron chi connectivity index (χ2n) is 6.89. The molecule has 0 heterocycles.